The second-order valence-corrected chi connectivity index (χ2v) is 5.87. The molecule has 0 aliphatic carbocycles. The summed E-state index contributed by atoms with van der Waals surface area (Å²) in [5, 5.41) is 2.97. The largest absolute Gasteiger partial charge is 0.483 e. The molecule has 23 heavy (non-hydrogen) atoms. The molecule has 0 aliphatic heterocycles. The monoisotopic (exact) mass is 311 g/mol. The molecule has 0 saturated heterocycles. The molecule has 2 aromatic carbocycles. The predicted octanol–water partition coefficient (Wildman–Crippen LogP) is 4.12. The molecule has 1 amide bonds. The Hall–Kier alpha value is -2.29. The van der Waals surface area contributed by atoms with Gasteiger partial charge in [0, 0.05) is 0 Å². The lowest BCUT2D eigenvalue weighted by Crippen LogP contribution is -2.31. The van der Waals surface area contributed by atoms with Gasteiger partial charge in [-0.1, -0.05) is 43.3 Å². The van der Waals surface area contributed by atoms with Crippen molar-refractivity contribution in [2.24, 2.45) is 0 Å². The summed E-state index contributed by atoms with van der Waals surface area (Å²) in [7, 11) is 0. The second kappa shape index (κ2) is 7.82. The molecule has 1 atom stereocenters. The van der Waals surface area contributed by atoms with Gasteiger partial charge in [0.05, 0.1) is 6.04 Å². The maximum Gasteiger partial charge on any atom is 0.258 e. The van der Waals surface area contributed by atoms with Crippen molar-refractivity contribution in [2.75, 3.05) is 6.61 Å². The summed E-state index contributed by atoms with van der Waals surface area (Å²) >= 11 is 0. The highest BCUT2D eigenvalue weighted by Crippen LogP contribution is 2.20. The van der Waals surface area contributed by atoms with Gasteiger partial charge in [-0.25, -0.2) is 0 Å². The van der Waals surface area contributed by atoms with Crippen LogP contribution in [-0.2, 0) is 11.2 Å². The maximum atomic E-state index is 12.1. The summed E-state index contributed by atoms with van der Waals surface area (Å²) in [5.74, 6) is 0.651. The van der Waals surface area contributed by atoms with Gasteiger partial charge in [0.25, 0.3) is 5.91 Å². The van der Waals surface area contributed by atoms with E-state index in [0.717, 1.165) is 28.9 Å². The van der Waals surface area contributed by atoms with Gasteiger partial charge in [-0.2, -0.15) is 0 Å². The minimum absolute atomic E-state index is 0.0294. The number of aryl methyl sites for hydroxylation is 2. The minimum Gasteiger partial charge on any atom is -0.483 e. The molecule has 2 rings (SSSR count). The summed E-state index contributed by atoms with van der Waals surface area (Å²) < 4.78 is 5.64. The maximum absolute atomic E-state index is 12.1. The summed E-state index contributed by atoms with van der Waals surface area (Å²) in [4.78, 5) is 12.1. The highest BCUT2D eigenvalue weighted by molar-refractivity contribution is 5.78. The molecule has 0 heterocycles. The van der Waals surface area contributed by atoms with Crippen LogP contribution in [-0.4, -0.2) is 12.5 Å². The Bertz CT molecular complexity index is 662. The Balaban J connectivity index is 1.89. The first kappa shape index (κ1) is 17.1. The fourth-order valence-electron chi connectivity index (χ4n) is 2.43. The fraction of sp³-hybridized carbons (Fsp3) is 0.350. The lowest BCUT2D eigenvalue weighted by atomic mass is 10.1. The van der Waals surface area contributed by atoms with E-state index in [0.29, 0.717) is 0 Å². The highest BCUT2D eigenvalue weighted by atomic mass is 16.5. The van der Waals surface area contributed by atoms with E-state index in [9.17, 15) is 4.79 Å². The zero-order chi connectivity index (χ0) is 16.8. The van der Waals surface area contributed by atoms with Crippen LogP contribution in [0, 0.1) is 13.8 Å². The van der Waals surface area contributed by atoms with Crippen LogP contribution < -0.4 is 10.1 Å². The normalized spacial score (nSPS) is 11.8. The van der Waals surface area contributed by atoms with E-state index in [1.54, 1.807) is 0 Å². The van der Waals surface area contributed by atoms with Gasteiger partial charge >= 0.3 is 0 Å². The van der Waals surface area contributed by atoms with Crippen molar-refractivity contribution in [3.8, 4) is 5.75 Å². The van der Waals surface area contributed by atoms with Gasteiger partial charge in [0.15, 0.2) is 6.61 Å². The number of carbonyl (C=O) groups is 1. The Morgan fingerprint density at radius 3 is 2.48 bits per heavy atom. The smallest absolute Gasteiger partial charge is 0.258 e. The Labute approximate surface area is 138 Å². The summed E-state index contributed by atoms with van der Waals surface area (Å²) in [5.41, 5.74) is 4.63. The number of hydrogen-bond acceptors (Lipinski definition) is 2. The zero-order valence-corrected chi connectivity index (χ0v) is 14.3. The lowest BCUT2D eigenvalue weighted by molar-refractivity contribution is -0.123. The van der Waals surface area contributed by atoms with Crippen molar-refractivity contribution < 1.29 is 9.53 Å². The summed E-state index contributed by atoms with van der Waals surface area (Å²) in [6, 6.07) is 14.2. The topological polar surface area (TPSA) is 38.3 Å². The first-order chi connectivity index (χ1) is 11.0. The van der Waals surface area contributed by atoms with Crippen LogP contribution in [0.3, 0.4) is 0 Å². The van der Waals surface area contributed by atoms with E-state index < -0.39 is 0 Å². The Morgan fingerprint density at radius 1 is 1.13 bits per heavy atom. The van der Waals surface area contributed by atoms with Gasteiger partial charge in [-0.05, 0) is 55.5 Å². The Kier molecular flexibility index (Phi) is 5.80. The average Bonchev–Trinajstić information content (AvgIpc) is 2.56. The number of nitrogens with one attached hydrogen (secondary N) is 1. The first-order valence-electron chi connectivity index (χ1n) is 8.08. The number of benzene rings is 2. The lowest BCUT2D eigenvalue weighted by Gasteiger charge is -2.16. The summed E-state index contributed by atoms with van der Waals surface area (Å²) in [6.07, 6.45) is 1.02. The average molecular weight is 311 g/mol. The van der Waals surface area contributed by atoms with Gasteiger partial charge in [0.1, 0.15) is 5.75 Å². The van der Waals surface area contributed by atoms with Crippen LogP contribution in [0.15, 0.2) is 42.5 Å². The third-order valence-corrected chi connectivity index (χ3v) is 4.18. The molecule has 0 aromatic heterocycles. The molecule has 0 fully saturated rings. The molecule has 0 spiro atoms. The first-order valence-corrected chi connectivity index (χ1v) is 8.08. The van der Waals surface area contributed by atoms with E-state index >= 15 is 0 Å². The van der Waals surface area contributed by atoms with Crippen LogP contribution in [0.2, 0.25) is 0 Å². The van der Waals surface area contributed by atoms with E-state index in [-0.39, 0.29) is 18.6 Å². The van der Waals surface area contributed by atoms with Crippen molar-refractivity contribution in [3.63, 3.8) is 0 Å². The van der Waals surface area contributed by atoms with Crippen LogP contribution in [0.5, 0.6) is 5.75 Å². The molecule has 122 valence electrons. The number of rotatable bonds is 6. The van der Waals surface area contributed by atoms with Crippen molar-refractivity contribution >= 4 is 5.91 Å². The second-order valence-electron chi connectivity index (χ2n) is 5.87. The molecule has 0 aliphatic rings. The van der Waals surface area contributed by atoms with Gasteiger partial charge < -0.3 is 10.1 Å². The van der Waals surface area contributed by atoms with Gasteiger partial charge in [-0.15, -0.1) is 0 Å². The van der Waals surface area contributed by atoms with Crippen molar-refractivity contribution in [3.05, 3.63) is 64.7 Å². The van der Waals surface area contributed by atoms with Gasteiger partial charge in [-0.3, -0.25) is 4.79 Å². The Morgan fingerprint density at radius 2 is 1.83 bits per heavy atom. The van der Waals surface area contributed by atoms with Crippen molar-refractivity contribution in [2.45, 2.75) is 40.2 Å². The van der Waals surface area contributed by atoms with E-state index in [4.69, 9.17) is 4.74 Å². The molecule has 0 radical (unpaired) electrons. The number of ether oxygens (including phenoxy) is 1. The van der Waals surface area contributed by atoms with Crippen molar-refractivity contribution in [1.82, 2.24) is 5.32 Å². The molecule has 1 unspecified atom stereocenters. The molecule has 0 bridgehead atoms. The number of amides is 1. The molecular weight excluding hydrogens is 286 g/mol. The number of hydrogen-bond donors (Lipinski definition) is 1. The van der Waals surface area contributed by atoms with E-state index in [1.165, 1.54) is 5.56 Å². The standard InChI is InChI=1S/C20H25NO2/c1-5-17-9-11-18(12-10-17)16(4)21-20(22)13-23-19-8-6-7-14(2)15(19)3/h6-12,16H,5,13H2,1-4H3,(H,21,22). The van der Waals surface area contributed by atoms with Crippen LogP contribution >= 0.6 is 0 Å². The van der Waals surface area contributed by atoms with Crippen LogP contribution in [0.1, 0.15) is 42.1 Å². The van der Waals surface area contributed by atoms with Crippen LogP contribution in [0.25, 0.3) is 0 Å². The fourth-order valence-corrected chi connectivity index (χ4v) is 2.43. The third-order valence-electron chi connectivity index (χ3n) is 4.18. The SMILES string of the molecule is CCc1ccc(C(C)NC(=O)COc2cccc(C)c2C)cc1. The van der Waals surface area contributed by atoms with Crippen LogP contribution in [0.4, 0.5) is 0 Å². The molecular formula is C20H25NO2. The molecule has 2 aromatic rings. The minimum atomic E-state index is -0.113. The molecule has 3 heteroatoms. The van der Waals surface area contributed by atoms with E-state index in [2.05, 4.69) is 36.5 Å². The predicted molar refractivity (Wildman–Crippen MR) is 93.8 cm³/mol. The van der Waals surface area contributed by atoms with E-state index in [1.807, 2.05) is 39.0 Å². The zero-order valence-electron chi connectivity index (χ0n) is 14.3. The third kappa shape index (κ3) is 4.59. The quantitative estimate of drug-likeness (QED) is 0.871. The number of carbonyl (C=O) groups excluding carboxylic acids is 1. The molecule has 3 nitrogen and oxygen atoms in total. The molecule has 0 saturated carbocycles. The molecule has 1 N–H and O–H groups in total. The van der Waals surface area contributed by atoms with Gasteiger partial charge in [0.2, 0.25) is 0 Å². The summed E-state index contributed by atoms with van der Waals surface area (Å²) in [6.45, 7) is 8.17. The highest BCUT2D eigenvalue weighted by Gasteiger charge is 2.11. The van der Waals surface area contributed by atoms with Crippen molar-refractivity contribution in [1.29, 1.82) is 0 Å².